The van der Waals surface area contributed by atoms with Crippen molar-refractivity contribution in [3.63, 3.8) is 0 Å². The van der Waals surface area contributed by atoms with E-state index in [-0.39, 0.29) is 12.1 Å². The third-order valence-corrected chi connectivity index (χ3v) is 2.63. The summed E-state index contributed by atoms with van der Waals surface area (Å²) in [6, 6.07) is 6.42. The Bertz CT molecular complexity index is 579. The molecule has 4 N–H and O–H groups in total. The number of nitrogens with zero attached hydrogens (tertiary/aromatic N) is 3. The van der Waals surface area contributed by atoms with Gasteiger partial charge < -0.3 is 20.9 Å². The summed E-state index contributed by atoms with van der Waals surface area (Å²) in [6.45, 7) is 1.84. The fourth-order valence-corrected chi connectivity index (χ4v) is 1.73. The molecule has 7 nitrogen and oxygen atoms in total. The van der Waals surface area contributed by atoms with E-state index in [1.54, 1.807) is 35.2 Å². The van der Waals surface area contributed by atoms with Crippen molar-refractivity contribution in [3.05, 3.63) is 36.4 Å². The van der Waals surface area contributed by atoms with E-state index in [4.69, 9.17) is 5.73 Å². The number of benzene rings is 1. The van der Waals surface area contributed by atoms with Gasteiger partial charge in [0.05, 0.1) is 6.04 Å². The number of hydrogen-bond donors (Lipinski definition) is 3. The Balaban J connectivity index is 1.96. The maximum absolute atomic E-state index is 11.8. The van der Waals surface area contributed by atoms with Crippen LogP contribution in [0.1, 0.15) is 18.8 Å². The molecule has 1 heterocycles. The van der Waals surface area contributed by atoms with Crippen LogP contribution in [0.4, 0.5) is 16.2 Å². The number of aromatic nitrogens is 3. The first-order chi connectivity index (χ1) is 9.06. The molecule has 0 aliphatic rings. The van der Waals surface area contributed by atoms with Crippen LogP contribution in [0.3, 0.4) is 0 Å². The largest absolute Gasteiger partial charge is 0.399 e. The van der Waals surface area contributed by atoms with Gasteiger partial charge in [-0.25, -0.2) is 4.79 Å². The summed E-state index contributed by atoms with van der Waals surface area (Å²) in [5.41, 5.74) is 6.88. The zero-order valence-corrected chi connectivity index (χ0v) is 10.8. The summed E-state index contributed by atoms with van der Waals surface area (Å²) in [7, 11) is 1.82. The number of nitrogens with one attached hydrogen (secondary N) is 2. The smallest absolute Gasteiger partial charge is 0.319 e. The predicted octanol–water partition coefficient (Wildman–Crippen LogP) is 1.28. The van der Waals surface area contributed by atoms with Gasteiger partial charge in [0.15, 0.2) is 5.82 Å². The molecule has 0 saturated heterocycles. The number of urea groups is 1. The van der Waals surface area contributed by atoms with Crippen molar-refractivity contribution in [1.82, 2.24) is 20.1 Å². The number of anilines is 2. The van der Waals surface area contributed by atoms with E-state index < -0.39 is 0 Å². The molecule has 19 heavy (non-hydrogen) atoms. The van der Waals surface area contributed by atoms with Gasteiger partial charge >= 0.3 is 6.03 Å². The van der Waals surface area contributed by atoms with Crippen molar-refractivity contribution < 1.29 is 4.79 Å². The lowest BCUT2D eigenvalue weighted by molar-refractivity contribution is 0.248. The molecular weight excluding hydrogens is 244 g/mol. The van der Waals surface area contributed by atoms with Crippen molar-refractivity contribution in [3.8, 4) is 0 Å². The average Bonchev–Trinajstić information content (AvgIpc) is 2.75. The van der Waals surface area contributed by atoms with Gasteiger partial charge in [-0.2, -0.15) is 0 Å². The van der Waals surface area contributed by atoms with Crippen LogP contribution in [0.5, 0.6) is 0 Å². The van der Waals surface area contributed by atoms with Crippen LogP contribution in [-0.4, -0.2) is 20.8 Å². The molecular formula is C12H16N6O. The fourth-order valence-electron chi connectivity index (χ4n) is 1.73. The topological polar surface area (TPSA) is 97.9 Å². The summed E-state index contributed by atoms with van der Waals surface area (Å²) in [4.78, 5) is 11.8. The minimum atomic E-state index is -0.318. The van der Waals surface area contributed by atoms with Gasteiger partial charge in [-0.05, 0) is 25.1 Å². The van der Waals surface area contributed by atoms with E-state index in [1.165, 1.54) is 0 Å². The number of aryl methyl sites for hydroxylation is 1. The first-order valence-corrected chi connectivity index (χ1v) is 5.83. The van der Waals surface area contributed by atoms with Crippen LogP contribution in [0.25, 0.3) is 0 Å². The highest BCUT2D eigenvalue weighted by Gasteiger charge is 2.14. The van der Waals surface area contributed by atoms with Crippen LogP contribution in [0, 0.1) is 0 Å². The minimum Gasteiger partial charge on any atom is -0.399 e. The monoisotopic (exact) mass is 260 g/mol. The van der Waals surface area contributed by atoms with Crippen molar-refractivity contribution >= 4 is 17.4 Å². The molecule has 1 atom stereocenters. The Morgan fingerprint density at radius 3 is 2.89 bits per heavy atom. The second kappa shape index (κ2) is 5.38. The number of amides is 2. The standard InChI is InChI=1S/C12H16N6O/c1-8(11-17-14-7-18(11)2)15-12(19)16-10-5-3-4-9(13)6-10/h3-8H,13H2,1-2H3,(H2,15,16,19). The summed E-state index contributed by atoms with van der Waals surface area (Å²) < 4.78 is 1.76. The number of hydrogen-bond acceptors (Lipinski definition) is 4. The van der Waals surface area contributed by atoms with Crippen molar-refractivity contribution in [2.75, 3.05) is 11.1 Å². The molecule has 1 aromatic heterocycles. The van der Waals surface area contributed by atoms with Crippen molar-refractivity contribution in [2.45, 2.75) is 13.0 Å². The van der Waals surface area contributed by atoms with Gasteiger partial charge in [-0.1, -0.05) is 6.07 Å². The first kappa shape index (κ1) is 12.9. The Labute approximate surface area is 110 Å². The minimum absolute atomic E-state index is 0.242. The highest BCUT2D eigenvalue weighted by molar-refractivity contribution is 5.89. The number of carbonyl (C=O) groups is 1. The zero-order chi connectivity index (χ0) is 13.8. The summed E-state index contributed by atoms with van der Waals surface area (Å²) in [5.74, 6) is 0.683. The Morgan fingerprint density at radius 2 is 2.26 bits per heavy atom. The van der Waals surface area contributed by atoms with Gasteiger partial charge in [0, 0.05) is 18.4 Å². The third kappa shape index (κ3) is 3.21. The zero-order valence-electron chi connectivity index (χ0n) is 10.8. The van der Waals surface area contributed by atoms with Gasteiger partial charge in [0.2, 0.25) is 0 Å². The van der Waals surface area contributed by atoms with E-state index in [0.29, 0.717) is 17.2 Å². The lowest BCUT2D eigenvalue weighted by atomic mass is 10.3. The summed E-state index contributed by atoms with van der Waals surface area (Å²) >= 11 is 0. The molecule has 0 saturated carbocycles. The lowest BCUT2D eigenvalue weighted by Crippen LogP contribution is -2.32. The predicted molar refractivity (Wildman–Crippen MR) is 72.4 cm³/mol. The van der Waals surface area contributed by atoms with Gasteiger partial charge in [0.1, 0.15) is 6.33 Å². The molecule has 0 bridgehead atoms. The van der Waals surface area contributed by atoms with Gasteiger partial charge in [-0.3, -0.25) is 0 Å². The lowest BCUT2D eigenvalue weighted by Gasteiger charge is -2.13. The molecule has 2 aromatic rings. The Kier molecular flexibility index (Phi) is 3.65. The van der Waals surface area contributed by atoms with Crippen LogP contribution >= 0.6 is 0 Å². The van der Waals surface area contributed by atoms with E-state index in [2.05, 4.69) is 20.8 Å². The highest BCUT2D eigenvalue weighted by Crippen LogP contribution is 2.12. The third-order valence-electron chi connectivity index (χ3n) is 2.63. The second-order valence-electron chi connectivity index (χ2n) is 4.25. The molecule has 2 amide bonds. The van der Waals surface area contributed by atoms with E-state index >= 15 is 0 Å². The van der Waals surface area contributed by atoms with Crippen LogP contribution < -0.4 is 16.4 Å². The number of nitrogens with two attached hydrogens (primary N) is 1. The molecule has 1 unspecified atom stereocenters. The maximum atomic E-state index is 11.8. The second-order valence-corrected chi connectivity index (χ2v) is 4.25. The quantitative estimate of drug-likeness (QED) is 0.724. The highest BCUT2D eigenvalue weighted by atomic mass is 16.2. The van der Waals surface area contributed by atoms with Crippen LogP contribution in [0.2, 0.25) is 0 Å². The van der Waals surface area contributed by atoms with E-state index in [9.17, 15) is 4.79 Å². The molecule has 0 spiro atoms. The molecule has 2 rings (SSSR count). The van der Waals surface area contributed by atoms with Crippen molar-refractivity contribution in [2.24, 2.45) is 7.05 Å². The molecule has 0 radical (unpaired) electrons. The molecule has 1 aromatic carbocycles. The van der Waals surface area contributed by atoms with Crippen LogP contribution in [-0.2, 0) is 7.05 Å². The summed E-state index contributed by atoms with van der Waals surface area (Å²) in [5, 5.41) is 13.2. The molecule has 0 aliphatic carbocycles. The van der Waals surface area contributed by atoms with E-state index in [0.717, 1.165) is 0 Å². The SMILES string of the molecule is CC(NC(=O)Nc1cccc(N)c1)c1nncn1C. The fraction of sp³-hybridized carbons (Fsp3) is 0.250. The Morgan fingerprint density at radius 1 is 1.47 bits per heavy atom. The molecule has 7 heteroatoms. The van der Waals surface area contributed by atoms with E-state index in [1.807, 2.05) is 14.0 Å². The molecule has 0 aliphatic heterocycles. The number of nitrogen functional groups attached to an aromatic ring is 1. The van der Waals surface area contributed by atoms with Crippen molar-refractivity contribution in [1.29, 1.82) is 0 Å². The summed E-state index contributed by atoms with van der Waals surface area (Å²) in [6.07, 6.45) is 1.59. The first-order valence-electron chi connectivity index (χ1n) is 5.83. The Hall–Kier alpha value is -2.57. The van der Waals surface area contributed by atoms with Gasteiger partial charge in [0.25, 0.3) is 0 Å². The van der Waals surface area contributed by atoms with Gasteiger partial charge in [-0.15, -0.1) is 10.2 Å². The maximum Gasteiger partial charge on any atom is 0.319 e. The normalized spacial score (nSPS) is 11.9. The molecule has 0 fully saturated rings. The van der Waals surface area contributed by atoms with Crippen LogP contribution in [0.15, 0.2) is 30.6 Å². The average molecular weight is 260 g/mol. The molecule has 100 valence electrons. The number of rotatable bonds is 3. The number of carbonyl (C=O) groups excluding carboxylic acids is 1.